The number of carbonyl (C=O) groups excluding carboxylic acids is 1. The van der Waals surface area contributed by atoms with Gasteiger partial charge in [0, 0.05) is 63.0 Å². The zero-order valence-corrected chi connectivity index (χ0v) is 35.9. The molecule has 9 nitrogen and oxygen atoms in total. The largest absolute Gasteiger partial charge is 0.487 e. The predicted molar refractivity (Wildman–Crippen MR) is 232 cm³/mol. The number of aryl methyl sites for hydroxylation is 1. The fourth-order valence-corrected chi connectivity index (χ4v) is 12.3. The highest BCUT2D eigenvalue weighted by Crippen LogP contribution is 2.47. The Morgan fingerprint density at radius 1 is 0.914 bits per heavy atom. The van der Waals surface area contributed by atoms with E-state index in [-0.39, 0.29) is 11.8 Å². The first-order valence-electron chi connectivity index (χ1n) is 21.7. The Balaban J connectivity index is 1.18. The van der Waals surface area contributed by atoms with E-state index < -0.39 is 26.8 Å². The molecule has 5 aliphatic rings. The first-order valence-corrected chi connectivity index (χ1v) is 23.6. The lowest BCUT2D eigenvalue weighted by molar-refractivity contribution is -0.1000. The highest BCUT2D eigenvalue weighted by molar-refractivity contribution is 7.90. The van der Waals surface area contributed by atoms with E-state index in [1.807, 2.05) is 74.7 Å². The second-order valence-corrected chi connectivity index (χ2v) is 20.0. The van der Waals surface area contributed by atoms with Crippen LogP contribution in [-0.2, 0) is 34.2 Å². The number of ether oxygens (including phenoxy) is 2. The summed E-state index contributed by atoms with van der Waals surface area (Å²) in [6.45, 7) is 9.10. The van der Waals surface area contributed by atoms with Crippen LogP contribution in [0.15, 0.2) is 78.9 Å². The summed E-state index contributed by atoms with van der Waals surface area (Å²) in [6.07, 6.45) is 14.1. The number of benzene rings is 3. The van der Waals surface area contributed by atoms with E-state index in [1.165, 1.54) is 31.4 Å². The fourth-order valence-electron chi connectivity index (χ4n) is 10.4. The smallest absolute Gasteiger partial charge is 0.264 e. The van der Waals surface area contributed by atoms with Crippen LogP contribution in [-0.4, -0.2) is 93.9 Å². The number of fused-ring (bicyclic) bond motifs is 4. The molecule has 0 aromatic heterocycles. The molecular weight excluding hydrogens is 768 g/mol. The lowest BCUT2D eigenvalue weighted by Crippen LogP contribution is -2.61. The van der Waals surface area contributed by atoms with Gasteiger partial charge in [0.25, 0.3) is 5.91 Å². The predicted octanol–water partition coefficient (Wildman–Crippen LogP) is 7.91. The molecule has 2 saturated heterocycles. The molecule has 0 radical (unpaired) electrons. The highest BCUT2D eigenvalue weighted by atomic mass is 35.5. The molecule has 0 unspecified atom stereocenters. The summed E-state index contributed by atoms with van der Waals surface area (Å²) in [5.74, 6) is 0.399. The lowest BCUT2D eigenvalue weighted by atomic mass is 9.63. The summed E-state index contributed by atoms with van der Waals surface area (Å²) < 4.78 is 44.8. The standard InChI is InChI=1S/C47H61ClN4O5S/c1-34-11-10-22-47(56-2,33-50-25-26-51-23-9-7-15-41(51)31-50)42-20-17-38(42)30-52-24-8-6-14-36-28-40(48)19-16-39(36)32-57-44-21-18-37(29-43(44)52)46(53)49-58(54,55)45(34)27-35-12-4-3-5-13-35/h3-5,10,12-13,16,18-19,21-22,28-29,34,38,41-42,45H,6-9,11,14-15,17,20,23-27,30-33H2,1-2H3,(H,49,53)/b22-10+/t34-,38-,41+,42+,45+,47+/m0/s1. The van der Waals surface area contributed by atoms with Crippen molar-refractivity contribution in [3.63, 3.8) is 0 Å². The lowest BCUT2D eigenvalue weighted by Gasteiger charge is -2.53. The normalized spacial score (nSPS) is 30.2. The Labute approximate surface area is 351 Å². The average Bonchev–Trinajstić information content (AvgIpc) is 3.24. The van der Waals surface area contributed by atoms with Crippen molar-refractivity contribution < 1.29 is 22.7 Å². The van der Waals surface area contributed by atoms with E-state index in [0.717, 1.165) is 93.2 Å². The number of halogens is 1. The summed E-state index contributed by atoms with van der Waals surface area (Å²) in [4.78, 5) is 21.8. The number of hydrogen-bond donors (Lipinski definition) is 1. The highest BCUT2D eigenvalue weighted by Gasteiger charge is 2.49. The van der Waals surface area contributed by atoms with Crippen molar-refractivity contribution in [1.82, 2.24) is 14.5 Å². The maximum atomic E-state index is 14.4. The van der Waals surface area contributed by atoms with Crippen LogP contribution in [0.1, 0.15) is 85.3 Å². The number of nitrogens with one attached hydrogen (secondary N) is 1. The topological polar surface area (TPSA) is 91.4 Å². The summed E-state index contributed by atoms with van der Waals surface area (Å²) in [5.41, 5.74) is 3.79. The fraction of sp³-hybridized carbons (Fsp3) is 0.553. The average molecular weight is 830 g/mol. The molecule has 4 aliphatic heterocycles. The van der Waals surface area contributed by atoms with Gasteiger partial charge in [-0.1, -0.05) is 73.5 Å². The maximum Gasteiger partial charge on any atom is 0.264 e. The molecule has 8 rings (SSSR count). The van der Waals surface area contributed by atoms with Gasteiger partial charge in [-0.15, -0.1) is 0 Å². The third kappa shape index (κ3) is 9.16. The minimum Gasteiger partial charge on any atom is -0.487 e. The molecule has 3 fully saturated rings. The molecule has 4 heterocycles. The van der Waals surface area contributed by atoms with E-state index in [0.29, 0.717) is 42.7 Å². The molecule has 58 heavy (non-hydrogen) atoms. The minimum absolute atomic E-state index is 0.269. The summed E-state index contributed by atoms with van der Waals surface area (Å²) >= 11 is 6.45. The van der Waals surface area contributed by atoms with E-state index in [9.17, 15) is 13.2 Å². The second kappa shape index (κ2) is 18.1. The van der Waals surface area contributed by atoms with Crippen LogP contribution in [0.3, 0.4) is 0 Å². The van der Waals surface area contributed by atoms with Gasteiger partial charge in [-0.25, -0.2) is 13.1 Å². The quantitative estimate of drug-likeness (QED) is 0.260. The number of piperazine rings is 1. The van der Waals surface area contributed by atoms with Gasteiger partial charge >= 0.3 is 0 Å². The Morgan fingerprint density at radius 3 is 2.57 bits per heavy atom. The zero-order valence-electron chi connectivity index (χ0n) is 34.3. The molecule has 312 valence electrons. The van der Waals surface area contributed by atoms with Gasteiger partial charge in [0.1, 0.15) is 18.0 Å². The van der Waals surface area contributed by atoms with Gasteiger partial charge in [-0.05, 0) is 129 Å². The molecule has 3 aromatic carbocycles. The van der Waals surface area contributed by atoms with Crippen LogP contribution in [0.4, 0.5) is 5.69 Å². The van der Waals surface area contributed by atoms with E-state index >= 15 is 0 Å². The number of amides is 1. The van der Waals surface area contributed by atoms with Crippen molar-refractivity contribution >= 4 is 33.2 Å². The summed E-state index contributed by atoms with van der Waals surface area (Å²) in [7, 11) is -2.23. The van der Waals surface area contributed by atoms with Crippen molar-refractivity contribution in [3.05, 3.63) is 106 Å². The van der Waals surface area contributed by atoms with Crippen LogP contribution < -0.4 is 14.4 Å². The number of rotatable bonds is 5. The van der Waals surface area contributed by atoms with Crippen LogP contribution in [0, 0.1) is 17.8 Å². The third-order valence-corrected chi connectivity index (χ3v) is 16.1. The molecule has 1 aliphatic carbocycles. The minimum atomic E-state index is -4.11. The van der Waals surface area contributed by atoms with Gasteiger partial charge in [-0.3, -0.25) is 14.6 Å². The van der Waals surface area contributed by atoms with Crippen molar-refractivity contribution in [2.24, 2.45) is 17.8 Å². The number of carbonyl (C=O) groups is 1. The van der Waals surface area contributed by atoms with Gasteiger partial charge < -0.3 is 14.4 Å². The molecule has 0 spiro atoms. The zero-order chi connectivity index (χ0) is 40.3. The van der Waals surface area contributed by atoms with Crippen molar-refractivity contribution in [1.29, 1.82) is 0 Å². The van der Waals surface area contributed by atoms with Crippen molar-refractivity contribution in [3.8, 4) is 5.75 Å². The molecule has 11 heteroatoms. The van der Waals surface area contributed by atoms with Crippen LogP contribution in [0.5, 0.6) is 5.75 Å². The van der Waals surface area contributed by atoms with Gasteiger partial charge in [0.15, 0.2) is 0 Å². The Morgan fingerprint density at radius 2 is 1.76 bits per heavy atom. The Bertz CT molecular complexity index is 2050. The molecule has 3 aromatic rings. The number of hydrogen-bond acceptors (Lipinski definition) is 8. The van der Waals surface area contributed by atoms with Gasteiger partial charge in [-0.2, -0.15) is 0 Å². The van der Waals surface area contributed by atoms with Crippen molar-refractivity contribution in [2.75, 3.05) is 57.8 Å². The molecule has 1 saturated carbocycles. The van der Waals surface area contributed by atoms with Gasteiger partial charge in [0.2, 0.25) is 10.0 Å². The van der Waals surface area contributed by atoms with E-state index in [1.54, 1.807) is 6.07 Å². The van der Waals surface area contributed by atoms with Crippen molar-refractivity contribution in [2.45, 2.75) is 94.6 Å². The molecule has 1 amide bonds. The molecule has 2 bridgehead atoms. The van der Waals surface area contributed by atoms with Gasteiger partial charge in [0.05, 0.1) is 10.9 Å². The summed E-state index contributed by atoms with van der Waals surface area (Å²) in [5, 5.41) is -0.115. The molecule has 6 atom stereocenters. The van der Waals surface area contributed by atoms with Crippen LogP contribution >= 0.6 is 11.6 Å². The third-order valence-electron chi connectivity index (χ3n) is 14.0. The monoisotopic (exact) mass is 828 g/mol. The number of allylic oxidation sites excluding steroid dienone is 1. The number of nitrogens with zero attached hydrogens (tertiary/aromatic N) is 3. The Hall–Kier alpha value is -3.41. The second-order valence-electron chi connectivity index (χ2n) is 17.6. The number of sulfonamides is 1. The number of anilines is 1. The molecule has 1 N–H and O–H groups in total. The first kappa shape index (κ1) is 41.3. The van der Waals surface area contributed by atoms with Crippen LogP contribution in [0.2, 0.25) is 5.02 Å². The van der Waals surface area contributed by atoms with Crippen LogP contribution in [0.25, 0.3) is 0 Å². The number of methoxy groups -OCH3 is 1. The molecular formula is C47H61ClN4O5S. The SMILES string of the molecule is CO[C@@]1(CN2CCN3CCCC[C@@H]3C2)/C=C/C[C@H](C)[C@@H](Cc2ccccc2)S(=O)(=O)NC(=O)c2ccc3c(c2)N(CCCCc2cc(Cl)ccc2CO3)C[C@@H]2CC[C@H]21. The van der Waals surface area contributed by atoms with E-state index in [2.05, 4.69) is 31.6 Å². The number of piperidine rings is 1. The Kier molecular flexibility index (Phi) is 12.9. The summed E-state index contributed by atoms with van der Waals surface area (Å²) in [6, 6.07) is 21.7. The maximum absolute atomic E-state index is 14.4. The first-order chi connectivity index (χ1) is 28.1. The van der Waals surface area contributed by atoms with E-state index in [4.69, 9.17) is 21.1 Å².